The van der Waals surface area contributed by atoms with Gasteiger partial charge in [0.1, 0.15) is 0 Å². The van der Waals surface area contributed by atoms with Crippen molar-refractivity contribution in [2.24, 2.45) is 0 Å². The van der Waals surface area contributed by atoms with Crippen LogP contribution in [0.2, 0.25) is 5.02 Å². The van der Waals surface area contributed by atoms with Crippen LogP contribution in [-0.2, 0) is 9.59 Å². The number of benzene rings is 3. The van der Waals surface area contributed by atoms with Gasteiger partial charge in [-0.25, -0.2) is 0 Å². The van der Waals surface area contributed by atoms with Gasteiger partial charge < -0.3 is 0 Å². The van der Waals surface area contributed by atoms with Crippen LogP contribution in [0, 0.1) is 6.92 Å². The summed E-state index contributed by atoms with van der Waals surface area (Å²) >= 11 is 6.34. The number of ketones is 1. The highest BCUT2D eigenvalue weighted by Crippen LogP contribution is 2.44. The molecule has 4 heteroatoms. The van der Waals surface area contributed by atoms with Gasteiger partial charge in [0.15, 0.2) is 5.78 Å². The number of fused-ring (bicyclic) bond motifs is 1. The van der Waals surface area contributed by atoms with Gasteiger partial charge in [-0.05, 0) is 53.8 Å². The fourth-order valence-electron chi connectivity index (χ4n) is 4.82. The van der Waals surface area contributed by atoms with Gasteiger partial charge in [-0.1, -0.05) is 60.1 Å². The first kappa shape index (κ1) is 19.1. The summed E-state index contributed by atoms with van der Waals surface area (Å²) in [6.07, 6.45) is 2.32. The first-order valence-electron chi connectivity index (χ1n) is 10.4. The van der Waals surface area contributed by atoms with Gasteiger partial charge in [-0.2, -0.15) is 0 Å². The molecule has 3 aromatic rings. The number of hydrogen-bond donors (Lipinski definition) is 0. The molecule has 1 amide bonds. The minimum absolute atomic E-state index is 0.0203. The predicted molar refractivity (Wildman–Crippen MR) is 121 cm³/mol. The Labute approximate surface area is 181 Å². The van der Waals surface area contributed by atoms with Crippen LogP contribution in [0.1, 0.15) is 42.7 Å². The third kappa shape index (κ3) is 3.05. The monoisotopic (exact) mass is 415 g/mol. The van der Waals surface area contributed by atoms with E-state index < -0.39 is 0 Å². The minimum Gasteiger partial charge on any atom is -0.294 e. The van der Waals surface area contributed by atoms with Crippen molar-refractivity contribution in [2.75, 3.05) is 4.90 Å². The Morgan fingerprint density at radius 2 is 1.73 bits per heavy atom. The van der Waals surface area contributed by atoms with Gasteiger partial charge in [-0.3, -0.25) is 14.5 Å². The number of hydrogen-bond acceptors (Lipinski definition) is 2. The molecule has 1 atom stereocenters. The maximum Gasteiger partial charge on any atom is 0.232 e. The van der Waals surface area contributed by atoms with Gasteiger partial charge >= 0.3 is 0 Å². The molecule has 0 N–H and O–H groups in total. The second kappa shape index (κ2) is 7.41. The molecule has 1 unspecified atom stereocenters. The molecule has 1 aliphatic carbocycles. The molecule has 2 aliphatic rings. The lowest BCUT2D eigenvalue weighted by molar-refractivity contribution is -0.119. The fraction of sp³-hybridized carbons (Fsp3) is 0.231. The molecular formula is C26H22ClNO2. The number of rotatable bonds is 2. The maximum atomic E-state index is 13.4. The Bertz CT molecular complexity index is 1230. The highest BCUT2D eigenvalue weighted by molar-refractivity contribution is 6.31. The van der Waals surface area contributed by atoms with E-state index in [-0.39, 0.29) is 24.0 Å². The van der Waals surface area contributed by atoms with Crippen LogP contribution in [0.4, 0.5) is 5.69 Å². The summed E-state index contributed by atoms with van der Waals surface area (Å²) in [6.45, 7) is 1.92. The van der Waals surface area contributed by atoms with E-state index >= 15 is 0 Å². The van der Waals surface area contributed by atoms with E-state index in [1.54, 1.807) is 4.90 Å². The van der Waals surface area contributed by atoms with Gasteiger partial charge in [0, 0.05) is 35.1 Å². The summed E-state index contributed by atoms with van der Waals surface area (Å²) in [5.74, 6) is -0.0146. The molecule has 0 aromatic heterocycles. The summed E-state index contributed by atoms with van der Waals surface area (Å²) in [7, 11) is 0. The lowest BCUT2D eigenvalue weighted by Gasteiger charge is -2.39. The molecule has 150 valence electrons. The van der Waals surface area contributed by atoms with E-state index in [2.05, 4.69) is 30.3 Å². The first-order chi connectivity index (χ1) is 14.5. The van der Waals surface area contributed by atoms with Crippen LogP contribution in [0.3, 0.4) is 0 Å². The molecule has 3 nitrogen and oxygen atoms in total. The summed E-state index contributed by atoms with van der Waals surface area (Å²) in [5, 5.41) is 2.91. The number of nitrogens with zero attached hydrogens (tertiary/aromatic N) is 1. The zero-order valence-corrected chi connectivity index (χ0v) is 17.6. The van der Waals surface area contributed by atoms with E-state index in [0.29, 0.717) is 11.4 Å². The molecule has 0 fully saturated rings. The number of carbonyl (C=O) groups is 2. The Morgan fingerprint density at radius 3 is 2.57 bits per heavy atom. The standard InChI is InChI=1S/C26H22ClNO2/c1-16-21(27)8-4-9-22(16)28-23-10-5-11-24(29)26(23)20(15-25(28)30)19-13-12-17-6-2-3-7-18(17)14-19/h2-4,6-9,12-14,20H,5,10-11,15H2,1H3. The van der Waals surface area contributed by atoms with Crippen molar-refractivity contribution < 1.29 is 9.59 Å². The van der Waals surface area contributed by atoms with Crippen molar-refractivity contribution in [3.63, 3.8) is 0 Å². The second-order valence-corrected chi connectivity index (χ2v) is 8.52. The normalized spacial score (nSPS) is 19.4. The van der Waals surface area contributed by atoms with Crippen LogP contribution in [0.15, 0.2) is 71.9 Å². The summed E-state index contributed by atoms with van der Waals surface area (Å²) in [4.78, 5) is 28.2. The Kier molecular flexibility index (Phi) is 4.71. The van der Waals surface area contributed by atoms with Crippen molar-refractivity contribution in [3.8, 4) is 0 Å². The van der Waals surface area contributed by atoms with E-state index in [1.807, 2.05) is 37.3 Å². The smallest absolute Gasteiger partial charge is 0.232 e. The van der Waals surface area contributed by atoms with Crippen molar-refractivity contribution in [1.82, 2.24) is 0 Å². The number of halogens is 1. The van der Waals surface area contributed by atoms with Crippen LogP contribution in [0.25, 0.3) is 10.8 Å². The molecule has 0 radical (unpaired) electrons. The molecule has 0 bridgehead atoms. The quantitative estimate of drug-likeness (QED) is 0.490. The Hall–Kier alpha value is -2.91. The third-order valence-corrected chi connectivity index (χ3v) is 6.74. The average molecular weight is 416 g/mol. The average Bonchev–Trinajstić information content (AvgIpc) is 2.75. The van der Waals surface area contributed by atoms with Crippen molar-refractivity contribution in [3.05, 3.63) is 88.1 Å². The van der Waals surface area contributed by atoms with E-state index in [4.69, 9.17) is 11.6 Å². The molecule has 3 aromatic carbocycles. The van der Waals surface area contributed by atoms with Crippen molar-refractivity contribution >= 4 is 39.8 Å². The predicted octanol–water partition coefficient (Wildman–Crippen LogP) is 6.33. The number of allylic oxidation sites excluding steroid dienone is 2. The zero-order chi connectivity index (χ0) is 20.8. The summed E-state index contributed by atoms with van der Waals surface area (Å²) < 4.78 is 0. The van der Waals surface area contributed by atoms with Gasteiger partial charge in [0.25, 0.3) is 0 Å². The molecule has 30 heavy (non-hydrogen) atoms. The van der Waals surface area contributed by atoms with Crippen LogP contribution in [-0.4, -0.2) is 11.7 Å². The van der Waals surface area contributed by atoms with Gasteiger partial charge in [0.2, 0.25) is 5.91 Å². The zero-order valence-electron chi connectivity index (χ0n) is 16.8. The Morgan fingerprint density at radius 1 is 0.933 bits per heavy atom. The fourth-order valence-corrected chi connectivity index (χ4v) is 4.99. The number of amides is 1. The van der Waals surface area contributed by atoms with E-state index in [0.717, 1.165) is 51.7 Å². The lowest BCUT2D eigenvalue weighted by Crippen LogP contribution is -2.40. The summed E-state index contributed by atoms with van der Waals surface area (Å²) in [6, 6.07) is 20.0. The van der Waals surface area contributed by atoms with Gasteiger partial charge in [0.05, 0.1) is 5.69 Å². The van der Waals surface area contributed by atoms with Crippen LogP contribution < -0.4 is 4.90 Å². The topological polar surface area (TPSA) is 37.4 Å². The molecule has 1 aliphatic heterocycles. The van der Waals surface area contributed by atoms with E-state index in [1.165, 1.54) is 0 Å². The van der Waals surface area contributed by atoms with Crippen molar-refractivity contribution in [1.29, 1.82) is 0 Å². The molecule has 0 spiro atoms. The van der Waals surface area contributed by atoms with Crippen LogP contribution >= 0.6 is 11.6 Å². The number of carbonyl (C=O) groups excluding carboxylic acids is 2. The highest BCUT2D eigenvalue weighted by atomic mass is 35.5. The lowest BCUT2D eigenvalue weighted by atomic mass is 9.76. The van der Waals surface area contributed by atoms with Crippen LogP contribution in [0.5, 0.6) is 0 Å². The highest BCUT2D eigenvalue weighted by Gasteiger charge is 2.40. The van der Waals surface area contributed by atoms with Crippen molar-refractivity contribution in [2.45, 2.75) is 38.5 Å². The second-order valence-electron chi connectivity index (χ2n) is 8.11. The minimum atomic E-state index is -0.194. The Balaban J connectivity index is 1.68. The van der Waals surface area contributed by atoms with Gasteiger partial charge in [-0.15, -0.1) is 0 Å². The molecular weight excluding hydrogens is 394 g/mol. The molecule has 1 heterocycles. The summed E-state index contributed by atoms with van der Waals surface area (Å²) in [5.41, 5.74) is 4.34. The SMILES string of the molecule is Cc1c(Cl)cccc1N1C(=O)CC(c2ccc3ccccc3c2)C2=C1CCCC2=O. The molecule has 0 saturated carbocycles. The largest absolute Gasteiger partial charge is 0.294 e. The molecule has 5 rings (SSSR count). The number of anilines is 1. The maximum absolute atomic E-state index is 13.4. The molecule has 0 saturated heterocycles. The van der Waals surface area contributed by atoms with E-state index in [9.17, 15) is 9.59 Å². The third-order valence-electron chi connectivity index (χ3n) is 6.33. The first-order valence-corrected chi connectivity index (χ1v) is 10.8. The number of Topliss-reactive ketones (excluding diaryl/α,β-unsaturated/α-hetero) is 1.